The van der Waals surface area contributed by atoms with Gasteiger partial charge in [0.2, 0.25) is 4.96 Å². The van der Waals surface area contributed by atoms with Crippen LogP contribution in [-0.2, 0) is 0 Å². The van der Waals surface area contributed by atoms with Crippen LogP contribution in [0.5, 0.6) is 0 Å². The molecular formula is C14H14FN5OS. The van der Waals surface area contributed by atoms with E-state index in [1.54, 1.807) is 0 Å². The summed E-state index contributed by atoms with van der Waals surface area (Å²) in [6.45, 7) is 5.90. The predicted octanol–water partition coefficient (Wildman–Crippen LogP) is 3.01. The summed E-state index contributed by atoms with van der Waals surface area (Å²) in [6, 6.07) is 2.67. The Labute approximate surface area is 130 Å². The van der Waals surface area contributed by atoms with Crippen molar-refractivity contribution in [2.45, 2.75) is 26.7 Å². The highest BCUT2D eigenvalue weighted by molar-refractivity contribution is 7.19. The van der Waals surface area contributed by atoms with Crippen LogP contribution >= 0.6 is 11.3 Å². The molecule has 3 rings (SSSR count). The van der Waals surface area contributed by atoms with Crippen molar-refractivity contribution < 1.29 is 9.18 Å². The second-order valence-corrected chi connectivity index (χ2v) is 6.14. The second kappa shape index (κ2) is 5.45. The molecule has 0 saturated heterocycles. The third kappa shape index (κ3) is 2.45. The van der Waals surface area contributed by atoms with Gasteiger partial charge in [-0.1, -0.05) is 25.2 Å². The summed E-state index contributed by atoms with van der Waals surface area (Å²) in [5, 5.41) is 10.9. The molecule has 3 aromatic rings. The maximum Gasteiger partial charge on any atom is 0.268 e. The molecule has 0 radical (unpaired) electrons. The standard InChI is InChI=1S/C14H14FN5OS/c1-7(2)12-18-19-14-20(12)8(3)11(22-14)13(21)17-10-5-4-9(15)6-16-10/h4-7H,1-3H3,(H,16,17,21). The van der Waals surface area contributed by atoms with Crippen LogP contribution in [-0.4, -0.2) is 25.5 Å². The van der Waals surface area contributed by atoms with Gasteiger partial charge in [0.1, 0.15) is 22.3 Å². The monoisotopic (exact) mass is 319 g/mol. The molecule has 114 valence electrons. The average molecular weight is 319 g/mol. The number of anilines is 1. The van der Waals surface area contributed by atoms with Crippen LogP contribution in [0.2, 0.25) is 0 Å². The minimum absolute atomic E-state index is 0.206. The Morgan fingerprint density at radius 1 is 1.36 bits per heavy atom. The zero-order valence-electron chi connectivity index (χ0n) is 12.3. The Bertz CT molecular complexity index is 837. The number of pyridine rings is 1. The van der Waals surface area contributed by atoms with Crippen molar-refractivity contribution in [1.29, 1.82) is 0 Å². The van der Waals surface area contributed by atoms with Gasteiger partial charge in [0.05, 0.1) is 6.20 Å². The van der Waals surface area contributed by atoms with Gasteiger partial charge in [-0.3, -0.25) is 9.20 Å². The van der Waals surface area contributed by atoms with Crippen LogP contribution in [0, 0.1) is 12.7 Å². The maximum absolute atomic E-state index is 12.8. The molecule has 8 heteroatoms. The summed E-state index contributed by atoms with van der Waals surface area (Å²) in [5.74, 6) is 0.595. The summed E-state index contributed by atoms with van der Waals surface area (Å²) in [5.41, 5.74) is 0.785. The van der Waals surface area contributed by atoms with E-state index in [4.69, 9.17) is 0 Å². The van der Waals surface area contributed by atoms with Gasteiger partial charge in [-0.15, -0.1) is 10.2 Å². The Morgan fingerprint density at radius 3 is 2.77 bits per heavy atom. The number of hydrogen-bond acceptors (Lipinski definition) is 5. The van der Waals surface area contributed by atoms with Crippen LogP contribution < -0.4 is 5.32 Å². The summed E-state index contributed by atoms with van der Waals surface area (Å²) in [7, 11) is 0. The number of amides is 1. The molecule has 1 amide bonds. The quantitative estimate of drug-likeness (QED) is 0.805. The molecule has 0 unspecified atom stereocenters. The van der Waals surface area contributed by atoms with Crippen LogP contribution in [0.1, 0.15) is 41.0 Å². The van der Waals surface area contributed by atoms with Gasteiger partial charge in [-0.05, 0) is 19.1 Å². The highest BCUT2D eigenvalue weighted by Crippen LogP contribution is 2.26. The minimum Gasteiger partial charge on any atom is -0.306 e. The first kappa shape index (κ1) is 14.6. The smallest absolute Gasteiger partial charge is 0.268 e. The Kier molecular flexibility index (Phi) is 3.61. The third-order valence-corrected chi connectivity index (χ3v) is 4.34. The van der Waals surface area contributed by atoms with E-state index in [1.165, 1.54) is 23.5 Å². The van der Waals surface area contributed by atoms with Gasteiger partial charge < -0.3 is 5.32 Å². The number of hydrogen-bond donors (Lipinski definition) is 1. The fourth-order valence-corrected chi connectivity index (χ4v) is 3.11. The number of thiazole rings is 1. The topological polar surface area (TPSA) is 72.2 Å². The molecule has 3 aromatic heterocycles. The van der Waals surface area contributed by atoms with E-state index in [0.717, 1.165) is 17.7 Å². The average Bonchev–Trinajstić information content (AvgIpc) is 3.02. The second-order valence-electron chi connectivity index (χ2n) is 5.16. The predicted molar refractivity (Wildman–Crippen MR) is 81.8 cm³/mol. The molecule has 22 heavy (non-hydrogen) atoms. The van der Waals surface area contributed by atoms with Crippen molar-refractivity contribution in [3.05, 3.63) is 40.5 Å². The molecule has 0 saturated carbocycles. The maximum atomic E-state index is 12.8. The van der Waals surface area contributed by atoms with Crippen LogP contribution in [0.15, 0.2) is 18.3 Å². The largest absolute Gasteiger partial charge is 0.306 e. The number of aromatic nitrogens is 4. The number of aryl methyl sites for hydroxylation is 1. The number of rotatable bonds is 3. The summed E-state index contributed by atoms with van der Waals surface area (Å²) >= 11 is 1.27. The number of nitrogens with zero attached hydrogens (tertiary/aromatic N) is 4. The molecule has 1 N–H and O–H groups in total. The molecule has 0 aliphatic rings. The molecule has 0 aliphatic carbocycles. The molecule has 0 bridgehead atoms. The lowest BCUT2D eigenvalue weighted by Gasteiger charge is -2.05. The van der Waals surface area contributed by atoms with Gasteiger partial charge in [0.25, 0.3) is 5.91 Å². The molecular weight excluding hydrogens is 305 g/mol. The third-order valence-electron chi connectivity index (χ3n) is 3.21. The zero-order valence-corrected chi connectivity index (χ0v) is 13.1. The van der Waals surface area contributed by atoms with E-state index >= 15 is 0 Å². The Balaban J connectivity index is 1.94. The van der Waals surface area contributed by atoms with Crippen molar-refractivity contribution in [3.63, 3.8) is 0 Å². The summed E-state index contributed by atoms with van der Waals surface area (Å²) in [4.78, 5) is 17.4. The van der Waals surface area contributed by atoms with Gasteiger partial charge >= 0.3 is 0 Å². The van der Waals surface area contributed by atoms with E-state index in [-0.39, 0.29) is 11.8 Å². The van der Waals surface area contributed by atoms with Gasteiger partial charge in [-0.25, -0.2) is 9.37 Å². The van der Waals surface area contributed by atoms with E-state index in [0.29, 0.717) is 15.7 Å². The molecule has 0 aromatic carbocycles. The van der Waals surface area contributed by atoms with Crippen molar-refractivity contribution in [1.82, 2.24) is 19.6 Å². The zero-order chi connectivity index (χ0) is 15.9. The number of fused-ring (bicyclic) bond motifs is 1. The number of carbonyl (C=O) groups excluding carboxylic acids is 1. The lowest BCUT2D eigenvalue weighted by molar-refractivity contribution is 0.102. The Hall–Kier alpha value is -2.35. The van der Waals surface area contributed by atoms with Crippen molar-refractivity contribution in [2.75, 3.05) is 5.32 Å². The fourth-order valence-electron chi connectivity index (χ4n) is 2.14. The summed E-state index contributed by atoms with van der Waals surface area (Å²) in [6.07, 6.45) is 1.06. The number of nitrogens with one attached hydrogen (secondary N) is 1. The van der Waals surface area contributed by atoms with E-state index in [2.05, 4.69) is 20.5 Å². The summed E-state index contributed by atoms with van der Waals surface area (Å²) < 4.78 is 14.7. The molecule has 3 heterocycles. The van der Waals surface area contributed by atoms with Gasteiger partial charge in [0.15, 0.2) is 0 Å². The number of halogens is 1. The molecule has 0 spiro atoms. The first-order valence-electron chi connectivity index (χ1n) is 6.74. The van der Waals surface area contributed by atoms with Gasteiger partial charge in [0, 0.05) is 11.6 Å². The minimum atomic E-state index is -0.448. The van der Waals surface area contributed by atoms with Crippen LogP contribution in [0.25, 0.3) is 4.96 Å². The van der Waals surface area contributed by atoms with Crippen molar-refractivity contribution in [3.8, 4) is 0 Å². The van der Waals surface area contributed by atoms with Crippen LogP contribution in [0.4, 0.5) is 10.2 Å². The van der Waals surface area contributed by atoms with Crippen molar-refractivity contribution in [2.24, 2.45) is 0 Å². The SMILES string of the molecule is Cc1c(C(=O)Nc2ccc(F)cn2)sc2nnc(C(C)C)n12. The van der Waals surface area contributed by atoms with Crippen molar-refractivity contribution >= 4 is 28.0 Å². The number of carbonyl (C=O) groups is 1. The first-order chi connectivity index (χ1) is 10.5. The highest BCUT2D eigenvalue weighted by atomic mass is 32.1. The van der Waals surface area contributed by atoms with E-state index in [9.17, 15) is 9.18 Å². The highest BCUT2D eigenvalue weighted by Gasteiger charge is 2.21. The van der Waals surface area contributed by atoms with E-state index in [1.807, 2.05) is 25.2 Å². The lowest BCUT2D eigenvalue weighted by Crippen LogP contribution is -2.13. The first-order valence-corrected chi connectivity index (χ1v) is 7.56. The lowest BCUT2D eigenvalue weighted by atomic mass is 10.2. The Morgan fingerprint density at radius 2 is 2.14 bits per heavy atom. The normalized spacial score (nSPS) is 11.3. The molecule has 0 atom stereocenters. The molecule has 0 fully saturated rings. The van der Waals surface area contributed by atoms with Crippen LogP contribution in [0.3, 0.4) is 0 Å². The molecule has 0 aliphatic heterocycles. The van der Waals surface area contributed by atoms with E-state index < -0.39 is 5.82 Å². The molecule has 6 nitrogen and oxygen atoms in total. The fraction of sp³-hybridized carbons (Fsp3) is 0.286. The van der Waals surface area contributed by atoms with Gasteiger partial charge in [-0.2, -0.15) is 0 Å².